The van der Waals surface area contributed by atoms with Crippen LogP contribution in [0.3, 0.4) is 0 Å². The van der Waals surface area contributed by atoms with Crippen LogP contribution in [0.2, 0.25) is 0 Å². The van der Waals surface area contributed by atoms with Crippen molar-refractivity contribution in [3.63, 3.8) is 0 Å². The van der Waals surface area contributed by atoms with Crippen molar-refractivity contribution in [1.29, 1.82) is 0 Å². The lowest BCUT2D eigenvalue weighted by molar-refractivity contribution is -0.110. The van der Waals surface area contributed by atoms with Gasteiger partial charge in [0, 0.05) is 5.92 Å². The monoisotopic (exact) mass is 166 g/mol. The van der Waals surface area contributed by atoms with E-state index in [9.17, 15) is 4.79 Å². The average Bonchev–Trinajstić information content (AvgIpc) is 2.16. The van der Waals surface area contributed by atoms with E-state index in [2.05, 4.69) is 6.08 Å². The molecule has 1 heteroatoms. The fraction of sp³-hybridized carbons (Fsp3) is 0.727. The Balaban J connectivity index is 2.29. The molecule has 12 heavy (non-hydrogen) atoms. The van der Waals surface area contributed by atoms with Crippen LogP contribution in [0.5, 0.6) is 0 Å². The highest BCUT2D eigenvalue weighted by Crippen LogP contribution is 2.23. The highest BCUT2D eigenvalue weighted by Gasteiger charge is 2.05. The third-order valence-electron chi connectivity index (χ3n) is 2.51. The van der Waals surface area contributed by atoms with Gasteiger partial charge >= 0.3 is 0 Å². The number of carbonyl (C=O) groups is 1. The molecule has 0 saturated heterocycles. The zero-order chi connectivity index (χ0) is 8.81. The van der Waals surface area contributed by atoms with Crippen molar-refractivity contribution in [1.82, 2.24) is 0 Å². The van der Waals surface area contributed by atoms with E-state index in [1.54, 1.807) is 5.57 Å². The van der Waals surface area contributed by atoms with Gasteiger partial charge in [0.15, 0.2) is 0 Å². The highest BCUT2D eigenvalue weighted by atomic mass is 16.1. The molecule has 1 saturated carbocycles. The maximum atomic E-state index is 10.3. The largest absolute Gasteiger partial charge is 0.303 e. The molecule has 1 unspecified atom stereocenters. The Bertz CT molecular complexity index is 162. The van der Waals surface area contributed by atoms with Crippen molar-refractivity contribution in [3.8, 4) is 0 Å². The second-order valence-electron chi connectivity index (χ2n) is 3.77. The van der Waals surface area contributed by atoms with Gasteiger partial charge in [0.2, 0.25) is 0 Å². The molecule has 0 radical (unpaired) electrons. The zero-order valence-electron chi connectivity index (χ0n) is 7.88. The predicted octanol–water partition coefficient (Wildman–Crippen LogP) is 3.10. The molecule has 0 aliphatic heterocycles. The van der Waals surface area contributed by atoms with Crippen LogP contribution in [0.25, 0.3) is 0 Å². The van der Waals surface area contributed by atoms with Crippen LogP contribution >= 0.6 is 0 Å². The molecule has 0 aromatic heterocycles. The molecule has 1 rings (SSSR count). The average molecular weight is 166 g/mol. The Labute approximate surface area is 74.9 Å². The normalized spacial score (nSPS) is 20.2. The van der Waals surface area contributed by atoms with Gasteiger partial charge in [-0.2, -0.15) is 0 Å². The maximum Gasteiger partial charge on any atom is 0.123 e. The third-order valence-corrected chi connectivity index (χ3v) is 2.51. The summed E-state index contributed by atoms with van der Waals surface area (Å²) in [7, 11) is 0. The summed E-state index contributed by atoms with van der Waals surface area (Å²) in [5.74, 6) is 0.208. The van der Waals surface area contributed by atoms with Crippen LogP contribution in [0, 0.1) is 5.92 Å². The number of allylic oxidation sites excluding steroid dienone is 2. The summed E-state index contributed by atoms with van der Waals surface area (Å²) < 4.78 is 0. The Morgan fingerprint density at radius 2 is 2.00 bits per heavy atom. The van der Waals surface area contributed by atoms with Gasteiger partial charge in [0.05, 0.1) is 0 Å². The minimum atomic E-state index is 0.208. The molecule has 0 aromatic carbocycles. The van der Waals surface area contributed by atoms with E-state index in [0.717, 1.165) is 12.7 Å². The molecule has 1 aliphatic carbocycles. The first-order valence-electron chi connectivity index (χ1n) is 4.96. The second kappa shape index (κ2) is 5.13. The number of aldehydes is 1. The van der Waals surface area contributed by atoms with E-state index in [1.807, 2.05) is 6.92 Å². The fourth-order valence-corrected chi connectivity index (χ4v) is 1.62. The third kappa shape index (κ3) is 3.21. The number of hydrogen-bond donors (Lipinski definition) is 0. The summed E-state index contributed by atoms with van der Waals surface area (Å²) in [6.45, 7) is 1.98. The summed E-state index contributed by atoms with van der Waals surface area (Å²) >= 11 is 0. The Morgan fingerprint density at radius 1 is 1.33 bits per heavy atom. The van der Waals surface area contributed by atoms with Gasteiger partial charge in [-0.25, -0.2) is 0 Å². The van der Waals surface area contributed by atoms with Crippen molar-refractivity contribution in [2.24, 2.45) is 5.92 Å². The van der Waals surface area contributed by atoms with E-state index in [-0.39, 0.29) is 5.92 Å². The minimum Gasteiger partial charge on any atom is -0.303 e. The van der Waals surface area contributed by atoms with Gasteiger partial charge < -0.3 is 4.79 Å². The topological polar surface area (TPSA) is 17.1 Å². The summed E-state index contributed by atoms with van der Waals surface area (Å²) in [5, 5.41) is 0. The van der Waals surface area contributed by atoms with Gasteiger partial charge in [-0.3, -0.25) is 0 Å². The van der Waals surface area contributed by atoms with Crippen LogP contribution < -0.4 is 0 Å². The first kappa shape index (κ1) is 9.50. The zero-order valence-corrected chi connectivity index (χ0v) is 7.88. The van der Waals surface area contributed by atoms with Crippen molar-refractivity contribution in [2.75, 3.05) is 0 Å². The first-order chi connectivity index (χ1) is 5.83. The van der Waals surface area contributed by atoms with Gasteiger partial charge in [-0.05, 0) is 32.1 Å². The van der Waals surface area contributed by atoms with Gasteiger partial charge in [0.25, 0.3) is 0 Å². The predicted molar refractivity (Wildman–Crippen MR) is 51.0 cm³/mol. The van der Waals surface area contributed by atoms with E-state index >= 15 is 0 Å². The maximum absolute atomic E-state index is 10.3. The molecule has 1 fully saturated rings. The number of hydrogen-bond acceptors (Lipinski definition) is 1. The van der Waals surface area contributed by atoms with Crippen molar-refractivity contribution in [3.05, 3.63) is 11.6 Å². The highest BCUT2D eigenvalue weighted by molar-refractivity contribution is 5.53. The molecule has 1 nitrogen and oxygen atoms in total. The molecular weight excluding hydrogens is 148 g/mol. The smallest absolute Gasteiger partial charge is 0.123 e. The molecular formula is C11H18O. The lowest BCUT2D eigenvalue weighted by Gasteiger charge is -2.13. The SMILES string of the molecule is CC(C=O)CC=C1CCCCC1. The van der Waals surface area contributed by atoms with Crippen LogP contribution in [-0.4, -0.2) is 6.29 Å². The molecule has 0 N–H and O–H groups in total. The minimum absolute atomic E-state index is 0.208. The lowest BCUT2D eigenvalue weighted by Crippen LogP contribution is -1.97. The van der Waals surface area contributed by atoms with Gasteiger partial charge in [-0.1, -0.05) is 25.0 Å². The molecule has 1 aliphatic rings. The Hall–Kier alpha value is -0.590. The Morgan fingerprint density at radius 3 is 2.58 bits per heavy atom. The van der Waals surface area contributed by atoms with Crippen LogP contribution in [-0.2, 0) is 4.79 Å². The molecule has 0 spiro atoms. The molecule has 0 bridgehead atoms. The van der Waals surface area contributed by atoms with Crippen LogP contribution in [0.1, 0.15) is 45.4 Å². The Kier molecular flexibility index (Phi) is 4.06. The van der Waals surface area contributed by atoms with Crippen LogP contribution in [0.15, 0.2) is 11.6 Å². The summed E-state index contributed by atoms with van der Waals surface area (Å²) in [6.07, 6.45) is 10.9. The summed E-state index contributed by atoms with van der Waals surface area (Å²) in [5.41, 5.74) is 1.58. The van der Waals surface area contributed by atoms with E-state index < -0.39 is 0 Å². The molecule has 0 heterocycles. The quantitative estimate of drug-likeness (QED) is 0.465. The van der Waals surface area contributed by atoms with Crippen molar-refractivity contribution >= 4 is 6.29 Å². The standard InChI is InChI=1S/C11H18O/c1-10(9-12)7-8-11-5-3-2-4-6-11/h8-10H,2-7H2,1H3. The van der Waals surface area contributed by atoms with E-state index in [0.29, 0.717) is 0 Å². The molecule has 0 aromatic rings. The van der Waals surface area contributed by atoms with Crippen LogP contribution in [0.4, 0.5) is 0 Å². The van der Waals surface area contributed by atoms with Crippen molar-refractivity contribution in [2.45, 2.75) is 45.4 Å². The number of carbonyl (C=O) groups excluding carboxylic acids is 1. The van der Waals surface area contributed by atoms with Gasteiger partial charge in [-0.15, -0.1) is 0 Å². The first-order valence-corrected chi connectivity index (χ1v) is 4.96. The summed E-state index contributed by atoms with van der Waals surface area (Å²) in [4.78, 5) is 10.3. The molecule has 1 atom stereocenters. The fourth-order valence-electron chi connectivity index (χ4n) is 1.62. The summed E-state index contributed by atoms with van der Waals surface area (Å²) in [6, 6.07) is 0. The molecule has 68 valence electrons. The number of rotatable bonds is 3. The molecule has 0 amide bonds. The second-order valence-corrected chi connectivity index (χ2v) is 3.77. The lowest BCUT2D eigenvalue weighted by atomic mass is 9.93. The van der Waals surface area contributed by atoms with E-state index in [4.69, 9.17) is 0 Å². The van der Waals surface area contributed by atoms with Gasteiger partial charge in [0.1, 0.15) is 6.29 Å². The van der Waals surface area contributed by atoms with E-state index in [1.165, 1.54) is 32.1 Å². The van der Waals surface area contributed by atoms with Crippen molar-refractivity contribution < 1.29 is 4.79 Å².